The van der Waals surface area contributed by atoms with Crippen LogP contribution in [0.25, 0.3) is 11.3 Å². The third kappa shape index (κ3) is 2.36. The van der Waals surface area contributed by atoms with Gasteiger partial charge in [0.1, 0.15) is 10.7 Å². The number of nitrogens with two attached hydrogens (primary N) is 1. The van der Waals surface area contributed by atoms with Crippen LogP contribution in [0.3, 0.4) is 0 Å². The first kappa shape index (κ1) is 12.2. The van der Waals surface area contributed by atoms with Crippen molar-refractivity contribution in [2.45, 2.75) is 4.90 Å². The summed E-state index contributed by atoms with van der Waals surface area (Å²) in [6.07, 6.45) is 1.45. The SMILES string of the molecule is Nc1c(-c2ccco2)cc(Br)cc1S(=O)(=O)O. The van der Waals surface area contributed by atoms with Gasteiger partial charge in [0.05, 0.1) is 12.0 Å². The third-order valence-corrected chi connectivity index (χ3v) is 3.52. The Morgan fingerprint density at radius 2 is 2.06 bits per heavy atom. The topological polar surface area (TPSA) is 93.5 Å². The number of benzene rings is 1. The van der Waals surface area contributed by atoms with Gasteiger partial charge in [0.2, 0.25) is 0 Å². The minimum Gasteiger partial charge on any atom is -0.464 e. The number of nitrogen functional groups attached to an aromatic ring is 1. The molecule has 1 aromatic heterocycles. The van der Waals surface area contributed by atoms with Gasteiger partial charge in [-0.15, -0.1) is 0 Å². The average molecular weight is 318 g/mol. The van der Waals surface area contributed by atoms with E-state index in [1.165, 1.54) is 12.3 Å². The van der Waals surface area contributed by atoms with Gasteiger partial charge in [-0.1, -0.05) is 15.9 Å². The van der Waals surface area contributed by atoms with E-state index in [0.717, 1.165) is 0 Å². The van der Waals surface area contributed by atoms with Crippen LogP contribution in [-0.4, -0.2) is 13.0 Å². The lowest BCUT2D eigenvalue weighted by Gasteiger charge is -2.08. The molecule has 1 aromatic carbocycles. The normalized spacial score (nSPS) is 11.6. The molecule has 0 unspecified atom stereocenters. The van der Waals surface area contributed by atoms with Crippen LogP contribution in [-0.2, 0) is 10.1 Å². The van der Waals surface area contributed by atoms with E-state index in [-0.39, 0.29) is 10.6 Å². The smallest absolute Gasteiger partial charge is 0.296 e. The zero-order valence-electron chi connectivity index (χ0n) is 8.42. The average Bonchev–Trinajstić information content (AvgIpc) is 2.72. The molecule has 0 fully saturated rings. The van der Waals surface area contributed by atoms with Crippen LogP contribution in [0.2, 0.25) is 0 Å². The molecular weight excluding hydrogens is 310 g/mol. The van der Waals surface area contributed by atoms with Crippen LogP contribution in [0.15, 0.2) is 44.3 Å². The zero-order valence-corrected chi connectivity index (χ0v) is 10.8. The lowest BCUT2D eigenvalue weighted by atomic mass is 10.1. The molecule has 0 aliphatic heterocycles. The highest BCUT2D eigenvalue weighted by Crippen LogP contribution is 2.34. The Morgan fingerprint density at radius 3 is 2.59 bits per heavy atom. The summed E-state index contributed by atoms with van der Waals surface area (Å²) in [4.78, 5) is -0.349. The van der Waals surface area contributed by atoms with E-state index < -0.39 is 10.1 Å². The molecule has 0 bridgehead atoms. The second-order valence-electron chi connectivity index (χ2n) is 3.32. The van der Waals surface area contributed by atoms with Gasteiger partial charge in [0, 0.05) is 10.0 Å². The van der Waals surface area contributed by atoms with E-state index in [0.29, 0.717) is 15.8 Å². The van der Waals surface area contributed by atoms with Crippen LogP contribution in [0, 0.1) is 0 Å². The molecule has 0 radical (unpaired) electrons. The standard InChI is InChI=1S/C10H8BrNO4S/c11-6-4-7(8-2-1-3-16-8)10(12)9(5-6)17(13,14)15/h1-5H,12H2,(H,13,14,15). The molecule has 0 aliphatic rings. The largest absolute Gasteiger partial charge is 0.464 e. The van der Waals surface area contributed by atoms with Gasteiger partial charge in [0.25, 0.3) is 10.1 Å². The third-order valence-electron chi connectivity index (χ3n) is 2.17. The molecule has 0 aliphatic carbocycles. The van der Waals surface area contributed by atoms with E-state index in [9.17, 15) is 8.42 Å². The zero-order chi connectivity index (χ0) is 12.6. The maximum atomic E-state index is 11.2. The molecule has 0 amide bonds. The molecule has 17 heavy (non-hydrogen) atoms. The first-order chi connectivity index (χ1) is 7.89. The Bertz CT molecular complexity index is 649. The highest BCUT2D eigenvalue weighted by molar-refractivity contribution is 9.10. The Labute approximate surface area is 106 Å². The second kappa shape index (κ2) is 4.17. The molecule has 3 N–H and O–H groups in total. The Morgan fingerprint density at radius 1 is 1.35 bits per heavy atom. The Kier molecular flexibility index (Phi) is 2.98. The Balaban J connectivity index is 2.75. The lowest BCUT2D eigenvalue weighted by Crippen LogP contribution is -2.04. The first-order valence-corrected chi connectivity index (χ1v) is 6.73. The predicted octanol–water partition coefficient (Wildman–Crippen LogP) is 2.54. The van der Waals surface area contributed by atoms with Crippen molar-refractivity contribution in [1.82, 2.24) is 0 Å². The summed E-state index contributed by atoms with van der Waals surface area (Å²) in [5.74, 6) is 0.425. The fourth-order valence-electron chi connectivity index (χ4n) is 1.44. The van der Waals surface area contributed by atoms with Gasteiger partial charge in [-0.2, -0.15) is 8.42 Å². The molecule has 7 heteroatoms. The summed E-state index contributed by atoms with van der Waals surface area (Å²) in [6, 6.07) is 6.15. The summed E-state index contributed by atoms with van der Waals surface area (Å²) in [7, 11) is -4.37. The molecule has 0 saturated heterocycles. The van der Waals surface area contributed by atoms with Crippen molar-refractivity contribution in [2.75, 3.05) is 5.73 Å². The van der Waals surface area contributed by atoms with Gasteiger partial charge in [-0.25, -0.2) is 0 Å². The van der Waals surface area contributed by atoms with Gasteiger partial charge in [-0.05, 0) is 24.3 Å². The molecule has 0 atom stereocenters. The van der Waals surface area contributed by atoms with Crippen LogP contribution in [0.1, 0.15) is 0 Å². The van der Waals surface area contributed by atoms with Gasteiger partial charge >= 0.3 is 0 Å². The molecule has 0 saturated carbocycles. The summed E-state index contributed by atoms with van der Waals surface area (Å²) >= 11 is 3.15. The van der Waals surface area contributed by atoms with Crippen molar-refractivity contribution in [3.63, 3.8) is 0 Å². The fraction of sp³-hybridized carbons (Fsp3) is 0. The quantitative estimate of drug-likeness (QED) is 0.655. The van der Waals surface area contributed by atoms with E-state index in [4.69, 9.17) is 14.7 Å². The van der Waals surface area contributed by atoms with Crippen molar-refractivity contribution in [2.24, 2.45) is 0 Å². The summed E-state index contributed by atoms with van der Waals surface area (Å²) < 4.78 is 37.0. The number of hydrogen-bond acceptors (Lipinski definition) is 4. The van der Waals surface area contributed by atoms with Crippen molar-refractivity contribution in [1.29, 1.82) is 0 Å². The maximum Gasteiger partial charge on any atom is 0.296 e. The number of furan rings is 1. The number of rotatable bonds is 2. The first-order valence-electron chi connectivity index (χ1n) is 4.50. The molecule has 5 nitrogen and oxygen atoms in total. The second-order valence-corrected chi connectivity index (χ2v) is 5.62. The lowest BCUT2D eigenvalue weighted by molar-refractivity contribution is 0.483. The van der Waals surface area contributed by atoms with E-state index in [2.05, 4.69) is 15.9 Å². The molecule has 2 rings (SSSR count). The summed E-state index contributed by atoms with van der Waals surface area (Å²) in [6.45, 7) is 0. The summed E-state index contributed by atoms with van der Waals surface area (Å²) in [5.41, 5.74) is 6.06. The molecule has 0 spiro atoms. The van der Waals surface area contributed by atoms with Crippen LogP contribution >= 0.6 is 15.9 Å². The van der Waals surface area contributed by atoms with Crippen molar-refractivity contribution < 1.29 is 17.4 Å². The van der Waals surface area contributed by atoms with Crippen molar-refractivity contribution >= 4 is 31.7 Å². The molecular formula is C10H8BrNO4S. The number of halogens is 1. The molecule has 90 valence electrons. The van der Waals surface area contributed by atoms with Crippen molar-refractivity contribution in [3.05, 3.63) is 35.0 Å². The van der Waals surface area contributed by atoms with Crippen LogP contribution in [0.5, 0.6) is 0 Å². The Hall–Kier alpha value is -1.31. The molecule has 2 aromatic rings. The van der Waals surface area contributed by atoms with Gasteiger partial charge in [-0.3, -0.25) is 4.55 Å². The fourth-order valence-corrected chi connectivity index (χ4v) is 2.72. The molecule has 1 heterocycles. The van der Waals surface area contributed by atoms with Gasteiger partial charge < -0.3 is 10.2 Å². The van der Waals surface area contributed by atoms with Crippen LogP contribution in [0.4, 0.5) is 5.69 Å². The van der Waals surface area contributed by atoms with Crippen LogP contribution < -0.4 is 5.73 Å². The number of hydrogen-bond donors (Lipinski definition) is 2. The van der Waals surface area contributed by atoms with E-state index >= 15 is 0 Å². The van der Waals surface area contributed by atoms with E-state index in [1.54, 1.807) is 18.2 Å². The number of anilines is 1. The van der Waals surface area contributed by atoms with Crippen molar-refractivity contribution in [3.8, 4) is 11.3 Å². The predicted molar refractivity (Wildman–Crippen MR) is 66.1 cm³/mol. The highest BCUT2D eigenvalue weighted by atomic mass is 79.9. The monoisotopic (exact) mass is 317 g/mol. The van der Waals surface area contributed by atoms with Gasteiger partial charge in [0.15, 0.2) is 0 Å². The minimum atomic E-state index is -4.37. The van der Waals surface area contributed by atoms with E-state index in [1.807, 2.05) is 0 Å². The summed E-state index contributed by atoms with van der Waals surface area (Å²) in [5, 5.41) is 0. The minimum absolute atomic E-state index is 0.0503. The maximum absolute atomic E-state index is 11.2. The highest BCUT2D eigenvalue weighted by Gasteiger charge is 2.19.